The van der Waals surface area contributed by atoms with Crippen LogP contribution in [-0.2, 0) is 0 Å². The summed E-state index contributed by atoms with van der Waals surface area (Å²) in [6, 6.07) is 14.2. The molecule has 107 valence electrons. The number of fused-ring (bicyclic) bond motifs is 2. The van der Waals surface area contributed by atoms with Crippen LogP contribution in [0.4, 0.5) is 0 Å². The Bertz CT molecular complexity index is 923. The summed E-state index contributed by atoms with van der Waals surface area (Å²) in [7, 11) is 0. The fraction of sp³-hybridized carbons (Fsp3) is 0.105. The molecule has 1 nitrogen and oxygen atoms in total. The molecule has 0 aliphatic heterocycles. The third-order valence-electron chi connectivity index (χ3n) is 4.17. The van der Waals surface area contributed by atoms with Crippen LogP contribution in [0.15, 0.2) is 54.2 Å². The van der Waals surface area contributed by atoms with Gasteiger partial charge in [0.2, 0.25) is 0 Å². The van der Waals surface area contributed by atoms with E-state index in [-0.39, 0.29) is 5.92 Å². The molecule has 4 rings (SSSR count). The van der Waals surface area contributed by atoms with Gasteiger partial charge in [0.25, 0.3) is 0 Å². The van der Waals surface area contributed by atoms with E-state index in [1.807, 2.05) is 24.4 Å². The van der Waals surface area contributed by atoms with Crippen LogP contribution in [0.25, 0.3) is 10.9 Å². The van der Waals surface area contributed by atoms with Crippen molar-refractivity contribution in [2.45, 2.75) is 12.8 Å². The van der Waals surface area contributed by atoms with E-state index in [2.05, 4.69) is 42.2 Å². The maximum Gasteiger partial charge on any atom is 0.0743 e. The Morgan fingerprint density at radius 2 is 1.82 bits per heavy atom. The molecular formula is C19H12Cl2N. The van der Waals surface area contributed by atoms with Gasteiger partial charge in [-0.15, -0.1) is 0 Å². The lowest BCUT2D eigenvalue weighted by molar-refractivity contribution is 0.979. The number of pyridine rings is 1. The van der Waals surface area contributed by atoms with E-state index in [0.29, 0.717) is 10.0 Å². The molecule has 1 atom stereocenters. The van der Waals surface area contributed by atoms with Crippen LogP contribution in [0.5, 0.6) is 0 Å². The molecule has 0 spiro atoms. The van der Waals surface area contributed by atoms with Crippen molar-refractivity contribution in [3.63, 3.8) is 0 Å². The first-order valence-electron chi connectivity index (χ1n) is 7.09. The molecule has 1 radical (unpaired) electrons. The molecule has 0 fully saturated rings. The molecule has 2 aromatic carbocycles. The van der Waals surface area contributed by atoms with Gasteiger partial charge in [-0.2, -0.15) is 0 Å². The second-order valence-corrected chi connectivity index (χ2v) is 6.27. The van der Waals surface area contributed by atoms with Crippen LogP contribution >= 0.6 is 23.2 Å². The smallest absolute Gasteiger partial charge is 0.0743 e. The maximum absolute atomic E-state index is 6.35. The first-order valence-corrected chi connectivity index (χ1v) is 7.84. The highest BCUT2D eigenvalue weighted by Crippen LogP contribution is 2.45. The Morgan fingerprint density at radius 3 is 2.68 bits per heavy atom. The Labute approximate surface area is 139 Å². The quantitative estimate of drug-likeness (QED) is 0.552. The Balaban J connectivity index is 1.99. The molecule has 1 aliphatic carbocycles. The summed E-state index contributed by atoms with van der Waals surface area (Å²) >= 11 is 12.5. The minimum absolute atomic E-state index is 0.128. The predicted octanol–water partition coefficient (Wildman–Crippen LogP) is 5.78. The van der Waals surface area contributed by atoms with Gasteiger partial charge < -0.3 is 0 Å². The minimum Gasteiger partial charge on any atom is -0.256 e. The number of halogens is 2. The van der Waals surface area contributed by atoms with Crippen molar-refractivity contribution in [3.05, 3.63) is 87.0 Å². The van der Waals surface area contributed by atoms with Crippen LogP contribution in [-0.4, -0.2) is 4.98 Å². The molecule has 0 saturated carbocycles. The Kier molecular flexibility index (Phi) is 3.21. The molecule has 3 heteroatoms. The lowest BCUT2D eigenvalue weighted by Crippen LogP contribution is -2.01. The summed E-state index contributed by atoms with van der Waals surface area (Å²) in [5, 5.41) is 2.29. The van der Waals surface area contributed by atoms with Gasteiger partial charge in [0, 0.05) is 23.1 Å². The SMILES string of the molecule is CC1=[C]c2c(ccc(Cl)c2Cl)C1c1cccc2cccnc12. The van der Waals surface area contributed by atoms with Crippen molar-refractivity contribution >= 4 is 34.1 Å². The van der Waals surface area contributed by atoms with E-state index < -0.39 is 0 Å². The maximum atomic E-state index is 6.35. The zero-order valence-corrected chi connectivity index (χ0v) is 13.4. The van der Waals surface area contributed by atoms with Crippen LogP contribution in [0, 0.1) is 6.08 Å². The van der Waals surface area contributed by atoms with Crippen LogP contribution in [0.2, 0.25) is 10.0 Å². The molecule has 0 amide bonds. The fourth-order valence-electron chi connectivity index (χ4n) is 3.20. The number of hydrogen-bond donors (Lipinski definition) is 0. The minimum atomic E-state index is 0.128. The van der Waals surface area contributed by atoms with Gasteiger partial charge in [-0.05, 0) is 36.3 Å². The predicted molar refractivity (Wildman–Crippen MR) is 91.6 cm³/mol. The largest absolute Gasteiger partial charge is 0.256 e. The molecule has 1 aliphatic rings. The van der Waals surface area contributed by atoms with Crippen molar-refractivity contribution in [3.8, 4) is 0 Å². The van der Waals surface area contributed by atoms with E-state index in [1.165, 1.54) is 5.56 Å². The molecule has 0 N–H and O–H groups in total. The molecule has 3 aromatic rings. The van der Waals surface area contributed by atoms with Crippen LogP contribution in [0.3, 0.4) is 0 Å². The van der Waals surface area contributed by atoms with Crippen molar-refractivity contribution in [1.29, 1.82) is 0 Å². The summed E-state index contributed by atoms with van der Waals surface area (Å²) in [4.78, 5) is 4.57. The Hall–Kier alpha value is -1.83. The zero-order valence-electron chi connectivity index (χ0n) is 11.9. The summed E-state index contributed by atoms with van der Waals surface area (Å²) in [5.41, 5.74) is 5.39. The number of rotatable bonds is 1. The van der Waals surface area contributed by atoms with Crippen LogP contribution < -0.4 is 0 Å². The van der Waals surface area contributed by atoms with Crippen LogP contribution in [0.1, 0.15) is 29.5 Å². The van der Waals surface area contributed by atoms with Gasteiger partial charge in [0.05, 0.1) is 15.6 Å². The molecule has 1 aromatic heterocycles. The van der Waals surface area contributed by atoms with Gasteiger partial charge >= 0.3 is 0 Å². The highest BCUT2D eigenvalue weighted by molar-refractivity contribution is 6.42. The third kappa shape index (κ3) is 1.97. The number of benzene rings is 2. The average Bonchev–Trinajstić information content (AvgIpc) is 2.87. The van der Waals surface area contributed by atoms with Crippen molar-refractivity contribution in [1.82, 2.24) is 4.98 Å². The lowest BCUT2D eigenvalue weighted by Gasteiger charge is -2.17. The molecule has 0 bridgehead atoms. The number of hydrogen-bond acceptors (Lipinski definition) is 1. The first-order chi connectivity index (χ1) is 10.7. The number of para-hydroxylation sites is 1. The Morgan fingerprint density at radius 1 is 1.00 bits per heavy atom. The second-order valence-electron chi connectivity index (χ2n) is 5.49. The van der Waals surface area contributed by atoms with Gasteiger partial charge in [-0.3, -0.25) is 4.98 Å². The highest BCUT2D eigenvalue weighted by atomic mass is 35.5. The normalized spacial score (nSPS) is 16.7. The second kappa shape index (κ2) is 5.12. The molecule has 22 heavy (non-hydrogen) atoms. The van der Waals surface area contributed by atoms with Crippen molar-refractivity contribution in [2.75, 3.05) is 0 Å². The molecule has 0 saturated heterocycles. The summed E-state index contributed by atoms with van der Waals surface area (Å²) in [6.45, 7) is 2.08. The van der Waals surface area contributed by atoms with Gasteiger partial charge in [-0.1, -0.05) is 59.1 Å². The van der Waals surface area contributed by atoms with Crippen molar-refractivity contribution < 1.29 is 0 Å². The van der Waals surface area contributed by atoms with Gasteiger partial charge in [-0.25, -0.2) is 0 Å². The number of aromatic nitrogens is 1. The standard InChI is InChI=1S/C19H12Cl2N/c1-11-10-15-13(7-8-16(20)18(15)21)17(11)14-6-2-4-12-5-3-9-22-19(12)14/h2-9,17H,1H3. The number of allylic oxidation sites excluding steroid dienone is 1. The first kappa shape index (κ1) is 13.8. The van der Waals surface area contributed by atoms with E-state index in [4.69, 9.17) is 23.2 Å². The van der Waals surface area contributed by atoms with Gasteiger partial charge in [0.1, 0.15) is 0 Å². The topological polar surface area (TPSA) is 12.9 Å². The molecular weight excluding hydrogens is 313 g/mol. The van der Waals surface area contributed by atoms with E-state index in [9.17, 15) is 0 Å². The number of nitrogens with zero attached hydrogens (tertiary/aromatic N) is 1. The van der Waals surface area contributed by atoms with E-state index in [0.717, 1.165) is 27.6 Å². The highest BCUT2D eigenvalue weighted by Gasteiger charge is 2.28. The zero-order chi connectivity index (χ0) is 15.3. The third-order valence-corrected chi connectivity index (χ3v) is 4.97. The van der Waals surface area contributed by atoms with Crippen molar-refractivity contribution in [2.24, 2.45) is 0 Å². The van der Waals surface area contributed by atoms with Gasteiger partial charge in [0.15, 0.2) is 0 Å². The summed E-state index contributed by atoms with van der Waals surface area (Å²) in [5.74, 6) is 0.128. The van der Waals surface area contributed by atoms with E-state index in [1.54, 1.807) is 0 Å². The lowest BCUT2D eigenvalue weighted by atomic mass is 9.87. The molecule has 1 unspecified atom stereocenters. The summed E-state index contributed by atoms with van der Waals surface area (Å²) in [6.07, 6.45) is 5.22. The van der Waals surface area contributed by atoms with E-state index >= 15 is 0 Å². The fourth-order valence-corrected chi connectivity index (χ4v) is 3.57. The molecule has 1 heterocycles. The summed E-state index contributed by atoms with van der Waals surface area (Å²) < 4.78 is 0. The monoisotopic (exact) mass is 324 g/mol. The average molecular weight is 325 g/mol.